The molecule has 27 heavy (non-hydrogen) atoms. The van der Waals surface area contributed by atoms with Gasteiger partial charge in [-0.15, -0.1) is 0 Å². The smallest absolute Gasteiger partial charge is 0.313 e. The van der Waals surface area contributed by atoms with E-state index in [2.05, 4.69) is 16.0 Å². The molecule has 142 valence electrons. The number of aryl methyl sites for hydroxylation is 1. The first-order valence-electron chi connectivity index (χ1n) is 8.27. The van der Waals surface area contributed by atoms with Crippen LogP contribution in [0.25, 0.3) is 0 Å². The normalized spacial score (nSPS) is 10.0. The van der Waals surface area contributed by atoms with Crippen molar-refractivity contribution in [1.29, 1.82) is 0 Å². The van der Waals surface area contributed by atoms with Gasteiger partial charge in [-0.25, -0.2) is 0 Å². The Bertz CT molecular complexity index is 837. The van der Waals surface area contributed by atoms with Crippen LogP contribution in [0, 0.1) is 6.92 Å². The van der Waals surface area contributed by atoms with Crippen molar-refractivity contribution in [2.75, 3.05) is 23.8 Å². The number of hydrogen-bond acceptors (Lipinski definition) is 4. The van der Waals surface area contributed by atoms with E-state index in [4.69, 9.17) is 16.3 Å². The number of rotatable bonds is 6. The highest BCUT2D eigenvalue weighted by Crippen LogP contribution is 2.20. The largest absolute Gasteiger partial charge is 0.494 e. The van der Waals surface area contributed by atoms with Crippen molar-refractivity contribution in [3.63, 3.8) is 0 Å². The van der Waals surface area contributed by atoms with Crippen LogP contribution >= 0.6 is 11.6 Å². The van der Waals surface area contributed by atoms with Crippen molar-refractivity contribution in [2.45, 2.75) is 13.8 Å². The summed E-state index contributed by atoms with van der Waals surface area (Å²) in [5, 5.41) is 7.82. The molecule has 0 spiro atoms. The molecular weight excluding hydrogens is 370 g/mol. The molecule has 0 unspecified atom stereocenters. The number of halogens is 1. The van der Waals surface area contributed by atoms with Gasteiger partial charge >= 0.3 is 11.8 Å². The van der Waals surface area contributed by atoms with Crippen molar-refractivity contribution in [3.8, 4) is 5.75 Å². The molecule has 0 aliphatic rings. The fourth-order valence-corrected chi connectivity index (χ4v) is 2.33. The number of carbonyl (C=O) groups excluding carboxylic acids is 3. The van der Waals surface area contributed by atoms with E-state index in [1.54, 1.807) is 42.5 Å². The van der Waals surface area contributed by atoms with Gasteiger partial charge in [-0.05, 0) is 55.8 Å². The number of amides is 3. The lowest BCUT2D eigenvalue weighted by Gasteiger charge is -2.10. The lowest BCUT2D eigenvalue weighted by molar-refractivity contribution is -0.136. The highest BCUT2D eigenvalue weighted by Gasteiger charge is 2.15. The molecule has 2 aromatic carbocycles. The van der Waals surface area contributed by atoms with E-state index >= 15 is 0 Å². The number of carbonyl (C=O) groups is 3. The minimum Gasteiger partial charge on any atom is -0.494 e. The van der Waals surface area contributed by atoms with Crippen LogP contribution in [-0.4, -0.2) is 30.9 Å². The molecule has 0 atom stereocenters. The van der Waals surface area contributed by atoms with Gasteiger partial charge in [0, 0.05) is 16.4 Å². The Morgan fingerprint density at radius 3 is 2.37 bits per heavy atom. The van der Waals surface area contributed by atoms with Gasteiger partial charge < -0.3 is 20.7 Å². The third kappa shape index (κ3) is 6.31. The standard InChI is InChI=1S/C19H20ClN3O4/c1-3-27-15-8-6-14(7-9-15)22-19(26)18(25)21-11-17(24)23-16-10-13(20)5-4-12(16)2/h4-10H,3,11H2,1-2H3,(H,21,25)(H,22,26)(H,23,24). The number of nitrogens with one attached hydrogen (secondary N) is 3. The monoisotopic (exact) mass is 389 g/mol. The van der Waals surface area contributed by atoms with E-state index in [-0.39, 0.29) is 6.54 Å². The lowest BCUT2D eigenvalue weighted by Crippen LogP contribution is -2.39. The van der Waals surface area contributed by atoms with Crippen LogP contribution in [-0.2, 0) is 14.4 Å². The average Bonchev–Trinajstić information content (AvgIpc) is 2.64. The predicted molar refractivity (Wildman–Crippen MR) is 104 cm³/mol. The van der Waals surface area contributed by atoms with Gasteiger partial charge in [0.1, 0.15) is 5.75 Å². The SMILES string of the molecule is CCOc1ccc(NC(=O)C(=O)NCC(=O)Nc2cc(Cl)ccc2C)cc1. The van der Waals surface area contributed by atoms with Crippen LogP contribution in [0.3, 0.4) is 0 Å². The zero-order valence-corrected chi connectivity index (χ0v) is 15.7. The van der Waals surface area contributed by atoms with Crippen molar-refractivity contribution in [2.24, 2.45) is 0 Å². The number of hydrogen-bond donors (Lipinski definition) is 3. The van der Waals surface area contributed by atoms with Crippen LogP contribution < -0.4 is 20.7 Å². The molecular formula is C19H20ClN3O4. The Hall–Kier alpha value is -3.06. The maximum absolute atomic E-state index is 11.9. The first-order chi connectivity index (χ1) is 12.9. The van der Waals surface area contributed by atoms with Crippen molar-refractivity contribution < 1.29 is 19.1 Å². The lowest BCUT2D eigenvalue weighted by atomic mass is 10.2. The summed E-state index contributed by atoms with van der Waals surface area (Å²) < 4.78 is 5.30. The zero-order valence-electron chi connectivity index (χ0n) is 15.0. The van der Waals surface area contributed by atoms with Gasteiger partial charge in [0.15, 0.2) is 0 Å². The Morgan fingerprint density at radius 1 is 1.00 bits per heavy atom. The molecule has 0 aromatic heterocycles. The summed E-state index contributed by atoms with van der Waals surface area (Å²) in [5.74, 6) is -1.59. The summed E-state index contributed by atoms with van der Waals surface area (Å²) in [6.07, 6.45) is 0. The third-order valence-corrected chi connectivity index (χ3v) is 3.75. The van der Waals surface area contributed by atoms with Crippen molar-refractivity contribution in [3.05, 3.63) is 53.1 Å². The first kappa shape index (κ1) is 20.3. The minimum absolute atomic E-state index is 0.346. The second-order valence-electron chi connectivity index (χ2n) is 5.60. The van der Waals surface area contributed by atoms with Gasteiger partial charge in [0.25, 0.3) is 0 Å². The molecule has 0 aliphatic heterocycles. The van der Waals surface area contributed by atoms with Crippen LogP contribution in [0.2, 0.25) is 5.02 Å². The molecule has 0 saturated heterocycles. The molecule has 3 N–H and O–H groups in total. The van der Waals surface area contributed by atoms with Gasteiger partial charge in [0.2, 0.25) is 5.91 Å². The Morgan fingerprint density at radius 2 is 1.70 bits per heavy atom. The van der Waals surface area contributed by atoms with Gasteiger partial charge in [-0.2, -0.15) is 0 Å². The molecule has 3 amide bonds. The van der Waals surface area contributed by atoms with Gasteiger partial charge in [-0.3, -0.25) is 14.4 Å². The topological polar surface area (TPSA) is 96.5 Å². The maximum atomic E-state index is 11.9. The summed E-state index contributed by atoms with van der Waals surface area (Å²) >= 11 is 5.89. The highest BCUT2D eigenvalue weighted by molar-refractivity contribution is 6.40. The van der Waals surface area contributed by atoms with Crippen molar-refractivity contribution >= 4 is 40.7 Å². The first-order valence-corrected chi connectivity index (χ1v) is 8.65. The fraction of sp³-hybridized carbons (Fsp3) is 0.211. The van der Waals surface area contributed by atoms with E-state index < -0.39 is 17.7 Å². The summed E-state index contributed by atoms with van der Waals surface area (Å²) in [6.45, 7) is 3.87. The molecule has 0 bridgehead atoms. The zero-order chi connectivity index (χ0) is 19.8. The van der Waals surface area contributed by atoms with Crippen molar-refractivity contribution in [1.82, 2.24) is 5.32 Å². The second-order valence-corrected chi connectivity index (χ2v) is 6.04. The van der Waals surface area contributed by atoms with Gasteiger partial charge in [0.05, 0.1) is 13.2 Å². The fourth-order valence-electron chi connectivity index (χ4n) is 2.15. The molecule has 2 aromatic rings. The minimum atomic E-state index is -0.915. The van der Waals surface area contributed by atoms with E-state index in [1.807, 2.05) is 13.8 Å². The molecule has 7 nitrogen and oxygen atoms in total. The second kappa shape index (κ2) is 9.59. The van der Waals surface area contributed by atoms with E-state index in [9.17, 15) is 14.4 Å². The van der Waals surface area contributed by atoms with E-state index in [0.29, 0.717) is 28.8 Å². The van der Waals surface area contributed by atoms with Crippen LogP contribution in [0.15, 0.2) is 42.5 Å². The molecule has 2 rings (SSSR count). The molecule has 0 heterocycles. The van der Waals surface area contributed by atoms with Crippen LogP contribution in [0.4, 0.5) is 11.4 Å². The average molecular weight is 390 g/mol. The van der Waals surface area contributed by atoms with Crippen LogP contribution in [0.1, 0.15) is 12.5 Å². The third-order valence-electron chi connectivity index (χ3n) is 3.51. The summed E-state index contributed by atoms with van der Waals surface area (Å²) in [5.41, 5.74) is 1.81. The number of anilines is 2. The predicted octanol–water partition coefficient (Wildman–Crippen LogP) is 2.74. The molecule has 8 heteroatoms. The molecule has 0 fully saturated rings. The molecule has 0 radical (unpaired) electrons. The Balaban J connectivity index is 1.82. The maximum Gasteiger partial charge on any atom is 0.313 e. The van der Waals surface area contributed by atoms with E-state index in [0.717, 1.165) is 5.56 Å². The van der Waals surface area contributed by atoms with Crippen LogP contribution in [0.5, 0.6) is 5.75 Å². The summed E-state index contributed by atoms with van der Waals surface area (Å²) in [7, 11) is 0. The van der Waals surface area contributed by atoms with E-state index in [1.165, 1.54) is 0 Å². The number of ether oxygens (including phenoxy) is 1. The van der Waals surface area contributed by atoms with Gasteiger partial charge in [-0.1, -0.05) is 17.7 Å². The molecule has 0 saturated carbocycles. The molecule has 0 aliphatic carbocycles. The highest BCUT2D eigenvalue weighted by atomic mass is 35.5. The Labute approximate surface area is 162 Å². The number of benzene rings is 2. The Kier molecular flexibility index (Phi) is 7.19. The summed E-state index contributed by atoms with van der Waals surface area (Å²) in [4.78, 5) is 35.7. The summed E-state index contributed by atoms with van der Waals surface area (Å²) in [6, 6.07) is 11.7. The quantitative estimate of drug-likeness (QED) is 0.662.